The molecule has 0 atom stereocenters. The number of amides is 1. The Morgan fingerprint density at radius 3 is 2.26 bits per heavy atom. The van der Waals surface area contributed by atoms with Gasteiger partial charge in [0.2, 0.25) is 10.8 Å². The van der Waals surface area contributed by atoms with Crippen LogP contribution in [0.4, 0.5) is 0 Å². The molecule has 1 aromatic heterocycles. The highest BCUT2D eigenvalue weighted by Gasteiger charge is 2.16. The van der Waals surface area contributed by atoms with Crippen LogP contribution in [0.3, 0.4) is 0 Å². The van der Waals surface area contributed by atoms with Gasteiger partial charge in [-0.1, -0.05) is 17.3 Å². The number of hydrogen-bond donors (Lipinski definition) is 1. The van der Waals surface area contributed by atoms with Crippen molar-refractivity contribution in [2.45, 2.75) is 65.0 Å². The lowest BCUT2D eigenvalue weighted by atomic mass is 10.1. The predicted octanol–water partition coefficient (Wildman–Crippen LogP) is 6.59. The van der Waals surface area contributed by atoms with Crippen molar-refractivity contribution in [1.82, 2.24) is 25.1 Å². The zero-order chi connectivity index (χ0) is 33.6. The van der Waals surface area contributed by atoms with Gasteiger partial charge in [0.15, 0.2) is 0 Å². The maximum absolute atomic E-state index is 12.4. The second-order valence-corrected chi connectivity index (χ2v) is 18.9. The summed E-state index contributed by atoms with van der Waals surface area (Å²) < 4.78 is 19.4. The van der Waals surface area contributed by atoms with E-state index in [9.17, 15) is 9.59 Å². The third-order valence-corrected chi connectivity index (χ3v) is 8.89. The van der Waals surface area contributed by atoms with E-state index in [0.29, 0.717) is 43.7 Å². The summed E-state index contributed by atoms with van der Waals surface area (Å²) in [6.07, 6.45) is 9.47. The molecule has 1 N–H and O–H groups in total. The Morgan fingerprint density at radius 1 is 1.02 bits per heavy atom. The molecule has 15 heteroatoms. The van der Waals surface area contributed by atoms with Crippen LogP contribution >= 0.6 is 27.4 Å². The molecule has 0 aliphatic rings. The average Bonchev–Trinajstić information content (AvgIpc) is 3.43. The van der Waals surface area contributed by atoms with Crippen molar-refractivity contribution < 1.29 is 23.8 Å². The molecule has 11 nitrogen and oxygen atoms in total. The van der Waals surface area contributed by atoms with E-state index in [4.69, 9.17) is 48.5 Å². The molecule has 0 bridgehead atoms. The summed E-state index contributed by atoms with van der Waals surface area (Å²) >= 11 is 16.8. The molecule has 0 unspecified atom stereocenters. The maximum atomic E-state index is 12.4. The number of benzene rings is 2. The van der Waals surface area contributed by atoms with Gasteiger partial charge in [-0.05, 0) is 128 Å². The van der Waals surface area contributed by atoms with Crippen molar-refractivity contribution in [2.75, 3.05) is 13.6 Å². The summed E-state index contributed by atoms with van der Waals surface area (Å²) in [6.45, 7) is 6.13. The number of unbranched alkanes of at least 4 members (excludes halogenated alkanes) is 1. The molecule has 0 fully saturated rings. The van der Waals surface area contributed by atoms with Gasteiger partial charge in [0.1, 0.15) is 36.2 Å². The number of hydrazone groups is 1. The molecule has 0 aliphatic heterocycles. The third-order valence-electron chi connectivity index (χ3n) is 6.09. The van der Waals surface area contributed by atoms with E-state index in [2.05, 4.69) is 20.7 Å². The fourth-order valence-corrected chi connectivity index (χ4v) is 4.37. The minimum Gasteiger partial charge on any atom is -0.462 e. The van der Waals surface area contributed by atoms with Crippen LogP contribution in [-0.2, 0) is 45.5 Å². The molecule has 0 aliphatic carbocycles. The first-order valence-electron chi connectivity index (χ1n) is 14.6. The first kappa shape index (κ1) is 37.0. The quantitative estimate of drug-likeness (QED) is 0.0414. The Hall–Kier alpha value is -3.44. The number of esters is 1. The van der Waals surface area contributed by atoms with Gasteiger partial charge in [0.25, 0.3) is 0 Å². The Morgan fingerprint density at radius 2 is 1.65 bits per heavy atom. The molecule has 1 amide bonds. The summed E-state index contributed by atoms with van der Waals surface area (Å²) in [6, 6.07) is 14.8. The number of rotatable bonds is 17. The highest BCUT2D eigenvalue weighted by Crippen LogP contribution is 2.59. The molecule has 0 radical (unpaired) electrons. The van der Waals surface area contributed by atoms with E-state index in [0.717, 1.165) is 23.2 Å². The summed E-state index contributed by atoms with van der Waals surface area (Å²) in [5, 5.41) is 15.2. The van der Waals surface area contributed by atoms with Gasteiger partial charge in [-0.2, -0.15) is 5.10 Å². The van der Waals surface area contributed by atoms with Crippen molar-refractivity contribution in [2.24, 2.45) is 5.10 Å². The monoisotopic (exact) mass is 708 g/mol. The molecule has 0 saturated carbocycles. The first-order chi connectivity index (χ1) is 21.8. The number of nitrogens with one attached hydrogen (secondary N) is 1. The van der Waals surface area contributed by atoms with E-state index >= 15 is 0 Å². The van der Waals surface area contributed by atoms with E-state index in [-0.39, 0.29) is 18.4 Å². The lowest BCUT2D eigenvalue weighted by Gasteiger charge is -2.19. The molecule has 3 aromatic rings. The van der Waals surface area contributed by atoms with Crippen LogP contribution in [0.25, 0.3) is 0 Å². The third kappa shape index (κ3) is 14.8. The SMILES string of the molecule is CN(/N=C\c1ccc(OC=COc2ccc(CCNC(=O)Cn3cc(CCCCC(=O)OC(C)(C)C)nn3)cc2)cc1)P(=S)(Cl)Cl. The molecule has 0 spiro atoms. The van der Waals surface area contributed by atoms with E-state index in [1.54, 1.807) is 31.6 Å². The van der Waals surface area contributed by atoms with Crippen LogP contribution in [0.15, 0.2) is 72.4 Å². The van der Waals surface area contributed by atoms with Gasteiger partial charge in [0.05, 0.1) is 11.9 Å². The van der Waals surface area contributed by atoms with Crippen molar-refractivity contribution in [3.05, 3.63) is 84.1 Å². The lowest BCUT2D eigenvalue weighted by Crippen LogP contribution is -2.29. The maximum Gasteiger partial charge on any atom is 0.306 e. The highest BCUT2D eigenvalue weighted by molar-refractivity contribution is 8.37. The van der Waals surface area contributed by atoms with Crippen LogP contribution in [-0.4, -0.2) is 57.1 Å². The second-order valence-electron chi connectivity index (χ2n) is 11.2. The Labute approximate surface area is 284 Å². The number of carbonyl (C=O) groups excluding carboxylic acids is 2. The number of hydrogen-bond acceptors (Lipinski definition) is 9. The number of nitrogens with zero attached hydrogens (tertiary/aromatic N) is 5. The minimum absolute atomic E-state index is 0.0856. The fourth-order valence-electron chi connectivity index (χ4n) is 3.84. The molecular weight excluding hydrogens is 670 g/mol. The topological polar surface area (TPSA) is 120 Å². The number of halogens is 2. The van der Waals surface area contributed by atoms with Gasteiger partial charge < -0.3 is 19.5 Å². The van der Waals surface area contributed by atoms with Crippen LogP contribution in [0.2, 0.25) is 0 Å². The largest absolute Gasteiger partial charge is 0.462 e. The highest BCUT2D eigenvalue weighted by atomic mass is 35.9. The van der Waals surface area contributed by atoms with Crippen molar-refractivity contribution in [1.29, 1.82) is 0 Å². The number of carbonyl (C=O) groups is 2. The summed E-state index contributed by atoms with van der Waals surface area (Å²) in [5.74, 6) is 0.923. The van der Waals surface area contributed by atoms with E-state index in [1.807, 2.05) is 57.2 Å². The Bertz CT molecular complexity index is 1520. The number of aryl methyl sites for hydroxylation is 1. The zero-order valence-corrected chi connectivity index (χ0v) is 29.5. The van der Waals surface area contributed by atoms with Gasteiger partial charge in [-0.15, -0.1) is 5.10 Å². The van der Waals surface area contributed by atoms with Crippen molar-refractivity contribution in [3.8, 4) is 11.5 Å². The summed E-state index contributed by atoms with van der Waals surface area (Å²) in [7, 11) is 1.63. The van der Waals surface area contributed by atoms with Gasteiger partial charge >= 0.3 is 5.97 Å². The van der Waals surface area contributed by atoms with Crippen LogP contribution in [0.1, 0.15) is 56.9 Å². The molecule has 3 rings (SSSR count). The fraction of sp³-hybridized carbons (Fsp3) is 0.387. The second kappa shape index (κ2) is 18.0. The van der Waals surface area contributed by atoms with Crippen LogP contribution in [0, 0.1) is 0 Å². The van der Waals surface area contributed by atoms with Crippen molar-refractivity contribution >= 4 is 57.3 Å². The van der Waals surface area contributed by atoms with E-state index in [1.165, 1.54) is 22.0 Å². The van der Waals surface area contributed by atoms with E-state index < -0.39 is 10.5 Å². The van der Waals surface area contributed by atoms with Gasteiger partial charge in [-0.25, -0.2) is 9.46 Å². The van der Waals surface area contributed by atoms with Crippen molar-refractivity contribution in [3.63, 3.8) is 0 Å². The number of aromatic nitrogens is 3. The molecule has 46 heavy (non-hydrogen) atoms. The summed E-state index contributed by atoms with van der Waals surface area (Å²) in [5.41, 5.74) is 2.20. The van der Waals surface area contributed by atoms with Crippen LogP contribution in [0.5, 0.6) is 11.5 Å². The normalized spacial score (nSPS) is 12.0. The minimum atomic E-state index is -2.64. The molecule has 248 valence electrons. The molecule has 1 heterocycles. The number of ether oxygens (including phenoxy) is 3. The van der Waals surface area contributed by atoms with Gasteiger partial charge in [0, 0.05) is 26.2 Å². The molecule has 0 saturated heterocycles. The Balaban J connectivity index is 1.30. The van der Waals surface area contributed by atoms with Crippen LogP contribution < -0.4 is 14.8 Å². The Kier molecular flexibility index (Phi) is 14.5. The molecular formula is C31H39Cl2N6O5PS. The molecule has 2 aromatic carbocycles. The first-order valence-corrected chi connectivity index (χ1v) is 19.2. The summed E-state index contributed by atoms with van der Waals surface area (Å²) in [4.78, 5) is 21.5. The van der Waals surface area contributed by atoms with Gasteiger partial charge in [-0.3, -0.25) is 9.59 Å². The smallest absolute Gasteiger partial charge is 0.306 e. The average molecular weight is 710 g/mol. The lowest BCUT2D eigenvalue weighted by molar-refractivity contribution is -0.154. The zero-order valence-electron chi connectivity index (χ0n) is 26.3. The standard InChI is InChI=1S/C31H39Cl2N6O5PS/c1-31(2,3)44-30(41)8-6-5-7-26-22-39(37-36-26)23-29(40)34-18-17-24-9-13-27(14-10-24)42-19-20-43-28-15-11-25(12-16-28)21-35-38(4)45(32,33)46/h9-16,19-22H,5-8,17-18,23H2,1-4H3,(H,34,40)/b20-19?,35-21-. The predicted molar refractivity (Wildman–Crippen MR) is 185 cm³/mol.